The van der Waals surface area contributed by atoms with Crippen LogP contribution in [-0.4, -0.2) is 28.3 Å². The molecule has 1 amide bonds. The fourth-order valence-corrected chi connectivity index (χ4v) is 5.03. The molecule has 0 aliphatic heterocycles. The topological polar surface area (TPSA) is 72.9 Å². The molecule has 3 N–H and O–H groups in total. The molecule has 1 fully saturated rings. The number of rotatable bonds is 6. The molecule has 142 valence electrons. The van der Waals surface area contributed by atoms with Crippen LogP contribution in [0, 0.1) is 12.8 Å². The number of carbonyl (C=O) groups is 1. The van der Waals surface area contributed by atoms with E-state index in [2.05, 4.69) is 10.4 Å². The van der Waals surface area contributed by atoms with E-state index in [1.807, 2.05) is 20.0 Å². The summed E-state index contributed by atoms with van der Waals surface area (Å²) in [5, 5.41) is 7.92. The predicted molar refractivity (Wildman–Crippen MR) is 108 cm³/mol. The van der Waals surface area contributed by atoms with Gasteiger partial charge in [-0.05, 0) is 25.3 Å². The normalized spacial score (nSPS) is 16.6. The molecule has 0 unspecified atom stereocenters. The maximum atomic E-state index is 12.7. The Morgan fingerprint density at radius 3 is 2.81 bits per heavy atom. The fraction of sp³-hybridized carbons (Fsp3) is 0.579. The molecule has 1 aliphatic rings. The summed E-state index contributed by atoms with van der Waals surface area (Å²) in [5.74, 6) is 0.639. The van der Waals surface area contributed by atoms with Gasteiger partial charge in [0.05, 0.1) is 21.8 Å². The predicted octanol–water partition coefficient (Wildman–Crippen LogP) is 4.14. The van der Waals surface area contributed by atoms with Gasteiger partial charge in [-0.25, -0.2) is 0 Å². The molecule has 1 saturated carbocycles. The van der Waals surface area contributed by atoms with Gasteiger partial charge in [0.15, 0.2) is 0 Å². The highest BCUT2D eigenvalue weighted by atomic mass is 35.5. The average Bonchev–Trinajstić information content (AvgIpc) is 3.17. The van der Waals surface area contributed by atoms with Crippen molar-refractivity contribution in [2.24, 2.45) is 18.7 Å². The van der Waals surface area contributed by atoms with Gasteiger partial charge >= 0.3 is 0 Å². The summed E-state index contributed by atoms with van der Waals surface area (Å²) < 4.78 is 1.74. The molecule has 3 rings (SSSR count). The van der Waals surface area contributed by atoms with Crippen molar-refractivity contribution in [1.29, 1.82) is 0 Å². The minimum Gasteiger partial charge on any atom is -0.347 e. The van der Waals surface area contributed by atoms with Crippen LogP contribution in [0.15, 0.2) is 12.3 Å². The average molecular weight is 395 g/mol. The molecule has 2 heterocycles. The number of hydrogen-bond donors (Lipinski definition) is 2. The summed E-state index contributed by atoms with van der Waals surface area (Å²) in [4.78, 5) is 14.5. The van der Waals surface area contributed by atoms with Crippen LogP contribution in [0.5, 0.6) is 0 Å². The number of hydrogen-bond acceptors (Lipinski definition) is 4. The molecule has 0 saturated heterocycles. The van der Waals surface area contributed by atoms with Crippen LogP contribution in [0.4, 0.5) is 0 Å². The molecule has 0 bridgehead atoms. The van der Waals surface area contributed by atoms with Crippen LogP contribution < -0.4 is 11.1 Å². The Labute approximate surface area is 163 Å². The zero-order valence-electron chi connectivity index (χ0n) is 15.4. The Morgan fingerprint density at radius 1 is 1.46 bits per heavy atom. The number of nitrogens with two attached hydrogens (primary N) is 1. The van der Waals surface area contributed by atoms with Crippen LogP contribution in [0.1, 0.15) is 53.1 Å². The van der Waals surface area contributed by atoms with Gasteiger partial charge < -0.3 is 11.1 Å². The van der Waals surface area contributed by atoms with E-state index in [1.54, 1.807) is 10.9 Å². The SMILES string of the molecule is Cc1sc(C(=O)N[C@H](CN)CC2CCCCC2)cc1-c1c(Cl)cnn1C. The van der Waals surface area contributed by atoms with Gasteiger partial charge in [-0.3, -0.25) is 9.48 Å². The van der Waals surface area contributed by atoms with Crippen molar-refractivity contribution in [3.8, 4) is 11.3 Å². The van der Waals surface area contributed by atoms with Crippen LogP contribution in [-0.2, 0) is 7.05 Å². The van der Waals surface area contributed by atoms with Crippen LogP contribution in [0.2, 0.25) is 5.02 Å². The lowest BCUT2D eigenvalue weighted by Gasteiger charge is -2.26. The van der Waals surface area contributed by atoms with Gasteiger partial charge in [-0.1, -0.05) is 43.7 Å². The van der Waals surface area contributed by atoms with Gasteiger partial charge in [-0.15, -0.1) is 11.3 Å². The number of aromatic nitrogens is 2. The first-order valence-corrected chi connectivity index (χ1v) is 10.5. The van der Waals surface area contributed by atoms with E-state index in [0.29, 0.717) is 22.4 Å². The zero-order chi connectivity index (χ0) is 18.7. The summed E-state index contributed by atoms with van der Waals surface area (Å²) >= 11 is 7.74. The van der Waals surface area contributed by atoms with Crippen molar-refractivity contribution in [3.63, 3.8) is 0 Å². The Hall–Kier alpha value is -1.37. The largest absolute Gasteiger partial charge is 0.347 e. The lowest BCUT2D eigenvalue weighted by atomic mass is 9.85. The molecule has 1 aliphatic carbocycles. The summed E-state index contributed by atoms with van der Waals surface area (Å²) in [7, 11) is 1.85. The first-order chi connectivity index (χ1) is 12.5. The lowest BCUT2D eigenvalue weighted by Crippen LogP contribution is -2.41. The molecule has 1 atom stereocenters. The molecule has 7 heteroatoms. The third-order valence-electron chi connectivity index (χ3n) is 5.25. The van der Waals surface area contributed by atoms with Crippen molar-refractivity contribution in [2.75, 3.05) is 6.54 Å². The van der Waals surface area contributed by atoms with E-state index < -0.39 is 0 Å². The van der Waals surface area contributed by atoms with E-state index in [9.17, 15) is 4.79 Å². The number of amides is 1. The summed E-state index contributed by atoms with van der Waals surface area (Å²) in [5.41, 5.74) is 7.73. The van der Waals surface area contributed by atoms with Crippen molar-refractivity contribution >= 4 is 28.8 Å². The van der Waals surface area contributed by atoms with Crippen molar-refractivity contribution in [1.82, 2.24) is 15.1 Å². The standard InChI is InChI=1S/C19H27ClN4OS/c1-12-15(18-16(20)11-22-24(18)2)9-17(26-12)19(25)23-14(10-21)8-13-6-4-3-5-7-13/h9,11,13-14H,3-8,10,21H2,1-2H3,(H,23,25)/t14-/m0/s1. The Balaban J connectivity index is 1.70. The van der Waals surface area contributed by atoms with E-state index in [0.717, 1.165) is 22.6 Å². The van der Waals surface area contributed by atoms with Crippen molar-refractivity contribution < 1.29 is 4.79 Å². The highest BCUT2D eigenvalue weighted by Gasteiger charge is 2.22. The zero-order valence-corrected chi connectivity index (χ0v) is 17.0. The molecular formula is C19H27ClN4OS. The highest BCUT2D eigenvalue weighted by molar-refractivity contribution is 7.14. The van der Waals surface area contributed by atoms with E-state index in [1.165, 1.54) is 43.4 Å². The summed E-state index contributed by atoms with van der Waals surface area (Å²) in [6.07, 6.45) is 9.06. The van der Waals surface area contributed by atoms with Crippen molar-refractivity contribution in [2.45, 2.75) is 51.5 Å². The first kappa shape index (κ1) is 19.4. The minimum atomic E-state index is -0.0473. The Bertz CT molecular complexity index is 744. The molecular weight excluding hydrogens is 368 g/mol. The second kappa shape index (κ2) is 8.55. The number of halogens is 1. The third kappa shape index (κ3) is 4.30. The maximum Gasteiger partial charge on any atom is 0.261 e. The van der Waals surface area contributed by atoms with Gasteiger partial charge in [-0.2, -0.15) is 5.10 Å². The number of aryl methyl sites for hydroxylation is 2. The van der Waals surface area contributed by atoms with Gasteiger partial charge in [0, 0.05) is 30.1 Å². The van der Waals surface area contributed by atoms with E-state index in [4.69, 9.17) is 17.3 Å². The fourth-order valence-electron chi connectivity index (χ4n) is 3.84. The second-order valence-corrected chi connectivity index (χ2v) is 8.85. The molecule has 26 heavy (non-hydrogen) atoms. The first-order valence-electron chi connectivity index (χ1n) is 9.28. The quantitative estimate of drug-likeness (QED) is 0.773. The number of thiophene rings is 1. The maximum absolute atomic E-state index is 12.7. The van der Waals surface area contributed by atoms with Gasteiger partial charge in [0.2, 0.25) is 0 Å². The Morgan fingerprint density at radius 2 is 2.19 bits per heavy atom. The highest BCUT2D eigenvalue weighted by Crippen LogP contribution is 2.35. The van der Waals surface area contributed by atoms with Crippen LogP contribution >= 0.6 is 22.9 Å². The summed E-state index contributed by atoms with van der Waals surface area (Å²) in [6.45, 7) is 2.48. The van der Waals surface area contributed by atoms with E-state index >= 15 is 0 Å². The lowest BCUT2D eigenvalue weighted by molar-refractivity contribution is 0.0934. The summed E-state index contributed by atoms with van der Waals surface area (Å²) in [6, 6.07) is 1.95. The molecule has 5 nitrogen and oxygen atoms in total. The number of carbonyl (C=O) groups excluding carboxylic acids is 1. The monoisotopic (exact) mass is 394 g/mol. The molecule has 0 spiro atoms. The smallest absolute Gasteiger partial charge is 0.261 e. The minimum absolute atomic E-state index is 0.0387. The number of nitrogens with zero attached hydrogens (tertiary/aromatic N) is 2. The molecule has 0 radical (unpaired) electrons. The van der Waals surface area contributed by atoms with Crippen LogP contribution in [0.3, 0.4) is 0 Å². The van der Waals surface area contributed by atoms with Gasteiger partial charge in [0.1, 0.15) is 0 Å². The Kier molecular flexibility index (Phi) is 6.37. The second-order valence-electron chi connectivity index (χ2n) is 7.19. The third-order valence-corrected chi connectivity index (χ3v) is 6.58. The molecule has 2 aromatic rings. The number of nitrogens with one attached hydrogen (secondary N) is 1. The molecule has 2 aromatic heterocycles. The molecule has 0 aromatic carbocycles. The van der Waals surface area contributed by atoms with Gasteiger partial charge in [0.25, 0.3) is 5.91 Å². The van der Waals surface area contributed by atoms with E-state index in [-0.39, 0.29) is 11.9 Å². The van der Waals surface area contributed by atoms with Crippen LogP contribution in [0.25, 0.3) is 11.3 Å². The van der Waals surface area contributed by atoms with Crippen molar-refractivity contribution in [3.05, 3.63) is 27.0 Å².